The summed E-state index contributed by atoms with van der Waals surface area (Å²) in [5, 5.41) is 15.2. The van der Waals surface area contributed by atoms with Gasteiger partial charge in [0.2, 0.25) is 0 Å². The summed E-state index contributed by atoms with van der Waals surface area (Å²) in [6.07, 6.45) is 6.51. The highest BCUT2D eigenvalue weighted by atomic mass is 35.5. The fraction of sp³-hybridized carbons (Fsp3) is 0.370. The fourth-order valence-electron chi connectivity index (χ4n) is 5.13. The van der Waals surface area contributed by atoms with Crippen LogP contribution in [0.2, 0.25) is 5.02 Å². The molecule has 3 aromatic rings. The summed E-state index contributed by atoms with van der Waals surface area (Å²) >= 11 is 7.88. The number of oxazole rings is 1. The van der Waals surface area contributed by atoms with Crippen LogP contribution in [0.1, 0.15) is 77.9 Å². The second-order valence-corrected chi connectivity index (χ2v) is 10.6. The van der Waals surface area contributed by atoms with Crippen molar-refractivity contribution < 1.29 is 28.2 Å². The number of halogens is 2. The number of ether oxygens (including phenoxy) is 1. The third kappa shape index (κ3) is 5.74. The van der Waals surface area contributed by atoms with Crippen LogP contribution in [0, 0.1) is 11.7 Å². The van der Waals surface area contributed by atoms with Crippen molar-refractivity contribution in [1.29, 1.82) is 0 Å². The van der Waals surface area contributed by atoms with Gasteiger partial charge in [-0.2, -0.15) is 0 Å². The molecule has 0 amide bonds. The number of nitrogens with zero attached hydrogens (tertiary/aromatic N) is 3. The molecule has 2 aromatic heterocycles. The molecule has 2 N–H and O–H groups in total. The van der Waals surface area contributed by atoms with Crippen molar-refractivity contribution in [2.75, 3.05) is 6.61 Å². The van der Waals surface area contributed by atoms with E-state index in [4.69, 9.17) is 25.7 Å². The van der Waals surface area contributed by atoms with Gasteiger partial charge in [0, 0.05) is 33.8 Å². The van der Waals surface area contributed by atoms with Gasteiger partial charge in [0.05, 0.1) is 12.2 Å². The van der Waals surface area contributed by atoms with Gasteiger partial charge in [-0.25, -0.2) is 23.9 Å². The number of amidine groups is 1. The van der Waals surface area contributed by atoms with Gasteiger partial charge in [-0.15, -0.1) is 11.3 Å². The fourth-order valence-corrected chi connectivity index (χ4v) is 5.99. The molecule has 39 heavy (non-hydrogen) atoms. The third-order valence-electron chi connectivity index (χ3n) is 6.93. The molecule has 1 aliphatic carbocycles. The van der Waals surface area contributed by atoms with E-state index in [2.05, 4.69) is 15.3 Å². The molecule has 1 unspecified atom stereocenters. The number of allylic oxidation sites excluding steroid dienone is 1. The second kappa shape index (κ2) is 11.7. The Kier molecular flexibility index (Phi) is 8.08. The normalized spacial score (nSPS) is 21.6. The Morgan fingerprint density at radius 3 is 2.74 bits per heavy atom. The monoisotopic (exact) mass is 572 g/mol. The van der Waals surface area contributed by atoms with Gasteiger partial charge in [-0.1, -0.05) is 24.1 Å². The standard InChI is InChI=1S/C27H26ClFN4O5S/c1-2-37-27(36)20-21(14-4-3-5-15(7-6-14)24-31-19(13-38-24)26(34)35)32-23(25-30-10-11-39-25)33-22(20)17-9-8-16(29)12-18(17)28/h8-15,22H,2-7H2,1H3,(H,32,33)(H,34,35)/t14-,15-,22?/m1/s1. The quantitative estimate of drug-likeness (QED) is 0.265. The molecule has 9 nitrogen and oxygen atoms in total. The maximum absolute atomic E-state index is 13.9. The summed E-state index contributed by atoms with van der Waals surface area (Å²) in [4.78, 5) is 38.1. The predicted molar refractivity (Wildman–Crippen MR) is 142 cm³/mol. The maximum Gasteiger partial charge on any atom is 0.357 e. The van der Waals surface area contributed by atoms with Crippen molar-refractivity contribution in [3.8, 4) is 0 Å². The summed E-state index contributed by atoms with van der Waals surface area (Å²) in [5.41, 5.74) is 1.38. The van der Waals surface area contributed by atoms with Crippen molar-refractivity contribution in [2.45, 2.75) is 51.0 Å². The Balaban J connectivity index is 1.54. The number of carbonyl (C=O) groups is 2. The van der Waals surface area contributed by atoms with Crippen LogP contribution in [0.5, 0.6) is 0 Å². The first-order chi connectivity index (χ1) is 18.9. The van der Waals surface area contributed by atoms with Crippen LogP contribution < -0.4 is 5.32 Å². The van der Waals surface area contributed by atoms with Crippen molar-refractivity contribution in [1.82, 2.24) is 15.3 Å². The zero-order chi connectivity index (χ0) is 27.5. The summed E-state index contributed by atoms with van der Waals surface area (Å²) in [6, 6.07) is 3.22. The molecule has 12 heteroatoms. The first-order valence-corrected chi connectivity index (χ1v) is 13.9. The molecular weight excluding hydrogens is 547 g/mol. The number of benzene rings is 1. The number of aromatic nitrogens is 2. The average Bonchev–Trinajstić information content (AvgIpc) is 3.57. The molecule has 1 fully saturated rings. The van der Waals surface area contributed by atoms with Gasteiger partial charge in [0.25, 0.3) is 0 Å². The van der Waals surface area contributed by atoms with Crippen LogP contribution in [0.3, 0.4) is 0 Å². The third-order valence-corrected chi connectivity index (χ3v) is 8.04. The van der Waals surface area contributed by atoms with E-state index >= 15 is 0 Å². The van der Waals surface area contributed by atoms with Crippen molar-refractivity contribution in [3.05, 3.63) is 80.3 Å². The Bertz CT molecular complexity index is 1440. The number of carbonyl (C=O) groups excluding carboxylic acids is 1. The molecule has 0 saturated heterocycles. The number of nitrogens with one attached hydrogen (secondary N) is 1. The molecule has 2 aliphatic rings. The van der Waals surface area contributed by atoms with Gasteiger partial charge in [0.1, 0.15) is 18.1 Å². The molecule has 204 valence electrons. The number of aliphatic imine (C=N–C) groups is 1. The number of thiazole rings is 1. The molecule has 0 spiro atoms. The van der Waals surface area contributed by atoms with Crippen LogP contribution in [-0.4, -0.2) is 39.5 Å². The summed E-state index contributed by atoms with van der Waals surface area (Å²) in [5.74, 6) is -1.36. The Labute approximate surface area is 232 Å². The molecular formula is C27H26ClFN4O5S. The number of esters is 1. The lowest BCUT2D eigenvalue weighted by molar-refractivity contribution is -0.139. The minimum absolute atomic E-state index is 0.0484. The van der Waals surface area contributed by atoms with E-state index in [1.54, 1.807) is 19.2 Å². The van der Waals surface area contributed by atoms with E-state index in [0.29, 0.717) is 46.4 Å². The number of hydrogen-bond donors (Lipinski definition) is 2. The minimum Gasteiger partial charge on any atom is -0.476 e. The number of rotatable bonds is 7. The zero-order valence-corrected chi connectivity index (χ0v) is 22.6. The Hall–Kier alpha value is -3.57. The topological polar surface area (TPSA) is 127 Å². The first-order valence-electron chi connectivity index (χ1n) is 12.6. The molecule has 1 saturated carbocycles. The number of hydrogen-bond acceptors (Lipinski definition) is 9. The second-order valence-electron chi connectivity index (χ2n) is 9.33. The molecule has 1 aliphatic heterocycles. The van der Waals surface area contributed by atoms with E-state index in [-0.39, 0.29) is 29.2 Å². The first kappa shape index (κ1) is 27.0. The summed E-state index contributed by atoms with van der Waals surface area (Å²) in [7, 11) is 0. The van der Waals surface area contributed by atoms with Gasteiger partial charge in [-0.3, -0.25) is 4.99 Å². The molecule has 3 atom stereocenters. The smallest absolute Gasteiger partial charge is 0.357 e. The number of aromatic carboxylic acids is 1. The van der Waals surface area contributed by atoms with Crippen LogP contribution in [0.25, 0.3) is 0 Å². The van der Waals surface area contributed by atoms with E-state index in [1.165, 1.54) is 23.5 Å². The lowest BCUT2D eigenvalue weighted by Crippen LogP contribution is -2.37. The zero-order valence-electron chi connectivity index (χ0n) is 21.0. The lowest BCUT2D eigenvalue weighted by atomic mass is 9.86. The van der Waals surface area contributed by atoms with Crippen LogP contribution in [-0.2, 0) is 9.53 Å². The SMILES string of the molecule is CCOC(=O)C1=C([C@@H]2CCC[C@@H](c3nc(C(=O)O)co3)CC2)NC(c2nccs2)=NC1c1ccc(F)cc1Cl. The van der Waals surface area contributed by atoms with E-state index in [1.807, 2.05) is 5.38 Å². The van der Waals surface area contributed by atoms with Crippen LogP contribution in [0.15, 0.2) is 56.7 Å². The van der Waals surface area contributed by atoms with Crippen molar-refractivity contribution >= 4 is 40.7 Å². The average molecular weight is 573 g/mol. The molecule has 0 bridgehead atoms. The van der Waals surface area contributed by atoms with Gasteiger partial charge in [-0.05, 0) is 50.7 Å². The van der Waals surface area contributed by atoms with Gasteiger partial charge < -0.3 is 19.6 Å². The molecule has 1 aromatic carbocycles. The van der Waals surface area contributed by atoms with Crippen molar-refractivity contribution in [3.63, 3.8) is 0 Å². The van der Waals surface area contributed by atoms with Crippen LogP contribution in [0.4, 0.5) is 4.39 Å². The van der Waals surface area contributed by atoms with Gasteiger partial charge in [0.15, 0.2) is 22.4 Å². The summed E-state index contributed by atoms with van der Waals surface area (Å²) in [6.45, 7) is 1.90. The maximum atomic E-state index is 13.9. The highest BCUT2D eigenvalue weighted by Crippen LogP contribution is 2.42. The largest absolute Gasteiger partial charge is 0.476 e. The highest BCUT2D eigenvalue weighted by molar-refractivity contribution is 7.11. The Morgan fingerprint density at radius 2 is 2.05 bits per heavy atom. The minimum atomic E-state index is -1.13. The van der Waals surface area contributed by atoms with Crippen molar-refractivity contribution in [2.24, 2.45) is 10.9 Å². The number of carboxylic acid groups (broad SMARTS) is 1. The number of carboxylic acids is 1. The lowest BCUT2D eigenvalue weighted by Gasteiger charge is -2.31. The van der Waals surface area contributed by atoms with E-state index in [9.17, 15) is 19.1 Å². The molecule has 5 rings (SSSR count). The van der Waals surface area contributed by atoms with Gasteiger partial charge >= 0.3 is 11.9 Å². The van der Waals surface area contributed by atoms with E-state index < -0.39 is 23.8 Å². The van der Waals surface area contributed by atoms with Crippen LogP contribution >= 0.6 is 22.9 Å². The Morgan fingerprint density at radius 1 is 1.26 bits per heavy atom. The highest BCUT2D eigenvalue weighted by Gasteiger charge is 2.37. The predicted octanol–water partition coefficient (Wildman–Crippen LogP) is 5.89. The molecule has 3 heterocycles. The summed E-state index contributed by atoms with van der Waals surface area (Å²) < 4.78 is 24.9. The van der Waals surface area contributed by atoms with E-state index in [0.717, 1.165) is 25.5 Å². The molecule has 0 radical (unpaired) electrons.